The van der Waals surface area contributed by atoms with Crippen molar-refractivity contribution in [3.05, 3.63) is 28.7 Å². The first kappa shape index (κ1) is 11.5. The Labute approximate surface area is 112 Å². The van der Waals surface area contributed by atoms with Gasteiger partial charge in [-0.3, -0.25) is 0 Å². The number of nitrogens with one attached hydrogen (secondary N) is 1. The van der Waals surface area contributed by atoms with Gasteiger partial charge in [-0.25, -0.2) is 0 Å². The molecule has 17 heavy (non-hydrogen) atoms. The van der Waals surface area contributed by atoms with E-state index < -0.39 is 0 Å². The summed E-state index contributed by atoms with van der Waals surface area (Å²) >= 11 is 3.64. The standard InChI is InChI=1S/C14H19BrN2/c15-13-3-1-2-4-14(13)17-9-7-12(8-10-17)16-11-5-6-11/h1-4,11-12,16H,5-10H2. The molecule has 2 fully saturated rings. The van der Waals surface area contributed by atoms with Crippen LogP contribution in [0.1, 0.15) is 25.7 Å². The fourth-order valence-electron chi connectivity index (χ4n) is 2.58. The molecular weight excluding hydrogens is 276 g/mol. The molecule has 1 aromatic carbocycles. The van der Waals surface area contributed by atoms with Gasteiger partial charge >= 0.3 is 0 Å². The van der Waals surface area contributed by atoms with E-state index in [1.165, 1.54) is 48.9 Å². The smallest absolute Gasteiger partial charge is 0.0510 e. The average Bonchev–Trinajstić information content (AvgIpc) is 3.15. The van der Waals surface area contributed by atoms with Crippen molar-refractivity contribution in [2.24, 2.45) is 0 Å². The summed E-state index contributed by atoms with van der Waals surface area (Å²) in [5.41, 5.74) is 1.34. The predicted molar refractivity (Wildman–Crippen MR) is 75.5 cm³/mol. The first-order valence-corrected chi connectivity index (χ1v) is 7.38. The van der Waals surface area contributed by atoms with E-state index in [4.69, 9.17) is 0 Å². The third-order valence-corrected chi connectivity index (χ3v) is 4.41. The number of rotatable bonds is 3. The van der Waals surface area contributed by atoms with E-state index >= 15 is 0 Å². The Morgan fingerprint density at radius 1 is 1.00 bits per heavy atom. The highest BCUT2D eigenvalue weighted by Gasteiger charge is 2.27. The molecule has 1 saturated heterocycles. The first-order valence-electron chi connectivity index (χ1n) is 6.58. The second-order valence-corrected chi connectivity index (χ2v) is 6.01. The molecule has 0 amide bonds. The van der Waals surface area contributed by atoms with Crippen LogP contribution in [0.25, 0.3) is 0 Å². The lowest BCUT2D eigenvalue weighted by Crippen LogP contribution is -2.43. The second-order valence-electron chi connectivity index (χ2n) is 5.15. The zero-order chi connectivity index (χ0) is 11.7. The molecule has 1 aliphatic carbocycles. The quantitative estimate of drug-likeness (QED) is 0.921. The molecule has 1 N–H and O–H groups in total. The van der Waals surface area contributed by atoms with Gasteiger partial charge in [-0.1, -0.05) is 12.1 Å². The van der Waals surface area contributed by atoms with E-state index in [1.54, 1.807) is 0 Å². The van der Waals surface area contributed by atoms with Crippen molar-refractivity contribution in [1.29, 1.82) is 0 Å². The molecule has 0 atom stereocenters. The SMILES string of the molecule is Brc1ccccc1N1CCC(NC2CC2)CC1. The van der Waals surface area contributed by atoms with Crippen molar-refractivity contribution in [2.75, 3.05) is 18.0 Å². The van der Waals surface area contributed by atoms with Crippen LogP contribution in [-0.4, -0.2) is 25.2 Å². The van der Waals surface area contributed by atoms with Crippen molar-refractivity contribution in [2.45, 2.75) is 37.8 Å². The maximum absolute atomic E-state index is 3.74. The van der Waals surface area contributed by atoms with Crippen LogP contribution >= 0.6 is 15.9 Å². The summed E-state index contributed by atoms with van der Waals surface area (Å²) in [6.07, 6.45) is 5.34. The van der Waals surface area contributed by atoms with Gasteiger partial charge in [0.2, 0.25) is 0 Å². The lowest BCUT2D eigenvalue weighted by molar-refractivity contribution is 0.412. The molecule has 0 spiro atoms. The van der Waals surface area contributed by atoms with Gasteiger partial charge in [0.1, 0.15) is 0 Å². The molecule has 3 rings (SSSR count). The van der Waals surface area contributed by atoms with Crippen LogP contribution in [0, 0.1) is 0 Å². The molecule has 92 valence electrons. The van der Waals surface area contributed by atoms with Crippen molar-refractivity contribution in [3.8, 4) is 0 Å². The summed E-state index contributed by atoms with van der Waals surface area (Å²) in [6.45, 7) is 2.35. The third kappa shape index (κ3) is 2.83. The highest BCUT2D eigenvalue weighted by molar-refractivity contribution is 9.10. The second kappa shape index (κ2) is 4.99. The lowest BCUT2D eigenvalue weighted by atomic mass is 10.0. The third-order valence-electron chi connectivity index (χ3n) is 3.74. The Morgan fingerprint density at radius 3 is 2.29 bits per heavy atom. The van der Waals surface area contributed by atoms with E-state index in [-0.39, 0.29) is 0 Å². The number of para-hydroxylation sites is 1. The highest BCUT2D eigenvalue weighted by atomic mass is 79.9. The molecular formula is C14H19BrN2. The number of hydrogen-bond acceptors (Lipinski definition) is 2. The van der Waals surface area contributed by atoms with Gasteiger partial charge in [0, 0.05) is 29.6 Å². The number of piperidine rings is 1. The van der Waals surface area contributed by atoms with Crippen molar-refractivity contribution >= 4 is 21.6 Å². The molecule has 2 nitrogen and oxygen atoms in total. The first-order chi connectivity index (χ1) is 8.33. The van der Waals surface area contributed by atoms with E-state index in [1.807, 2.05) is 0 Å². The number of benzene rings is 1. The van der Waals surface area contributed by atoms with Gasteiger partial charge < -0.3 is 10.2 Å². The van der Waals surface area contributed by atoms with Gasteiger partial charge in [-0.05, 0) is 53.7 Å². The van der Waals surface area contributed by atoms with Gasteiger partial charge in [-0.15, -0.1) is 0 Å². The van der Waals surface area contributed by atoms with Gasteiger partial charge in [0.25, 0.3) is 0 Å². The van der Waals surface area contributed by atoms with E-state index in [2.05, 4.69) is 50.4 Å². The summed E-state index contributed by atoms with van der Waals surface area (Å²) in [5, 5.41) is 3.74. The average molecular weight is 295 g/mol. The van der Waals surface area contributed by atoms with Gasteiger partial charge in [0.05, 0.1) is 5.69 Å². The zero-order valence-corrected chi connectivity index (χ0v) is 11.6. The summed E-state index contributed by atoms with van der Waals surface area (Å²) in [7, 11) is 0. The maximum atomic E-state index is 3.74. The van der Waals surface area contributed by atoms with Crippen LogP contribution in [0.4, 0.5) is 5.69 Å². The molecule has 1 aliphatic heterocycles. The molecule has 0 unspecified atom stereocenters. The van der Waals surface area contributed by atoms with Crippen LogP contribution in [0.5, 0.6) is 0 Å². The van der Waals surface area contributed by atoms with Crippen molar-refractivity contribution < 1.29 is 0 Å². The number of nitrogens with zero attached hydrogens (tertiary/aromatic N) is 1. The Balaban J connectivity index is 1.58. The highest BCUT2D eigenvalue weighted by Crippen LogP contribution is 2.29. The topological polar surface area (TPSA) is 15.3 Å². The largest absolute Gasteiger partial charge is 0.371 e. The number of hydrogen-bond donors (Lipinski definition) is 1. The predicted octanol–water partition coefficient (Wildman–Crippen LogP) is 3.17. The Bertz CT molecular complexity index is 382. The van der Waals surface area contributed by atoms with Crippen molar-refractivity contribution in [1.82, 2.24) is 5.32 Å². The summed E-state index contributed by atoms with van der Waals surface area (Å²) < 4.78 is 1.22. The monoisotopic (exact) mass is 294 g/mol. The molecule has 1 saturated carbocycles. The molecule has 1 aromatic rings. The Hall–Kier alpha value is -0.540. The molecule has 0 aromatic heterocycles. The fraction of sp³-hybridized carbons (Fsp3) is 0.571. The Kier molecular flexibility index (Phi) is 3.39. The van der Waals surface area contributed by atoms with Crippen LogP contribution in [0.2, 0.25) is 0 Å². The Morgan fingerprint density at radius 2 is 1.65 bits per heavy atom. The summed E-state index contributed by atoms with van der Waals surface area (Å²) in [6, 6.07) is 10.1. The molecule has 0 bridgehead atoms. The molecule has 2 aliphatic rings. The van der Waals surface area contributed by atoms with Crippen molar-refractivity contribution in [3.63, 3.8) is 0 Å². The summed E-state index contributed by atoms with van der Waals surface area (Å²) in [4.78, 5) is 2.50. The van der Waals surface area contributed by atoms with Gasteiger partial charge in [0.15, 0.2) is 0 Å². The fourth-order valence-corrected chi connectivity index (χ4v) is 3.11. The molecule has 3 heteroatoms. The van der Waals surface area contributed by atoms with E-state index in [0.717, 1.165) is 12.1 Å². The van der Waals surface area contributed by atoms with Gasteiger partial charge in [-0.2, -0.15) is 0 Å². The van der Waals surface area contributed by atoms with Crippen LogP contribution < -0.4 is 10.2 Å². The molecule has 0 radical (unpaired) electrons. The summed E-state index contributed by atoms with van der Waals surface area (Å²) in [5.74, 6) is 0. The number of anilines is 1. The minimum absolute atomic E-state index is 0.751. The maximum Gasteiger partial charge on any atom is 0.0510 e. The van der Waals surface area contributed by atoms with E-state index in [0.29, 0.717) is 0 Å². The minimum Gasteiger partial charge on any atom is -0.371 e. The van der Waals surface area contributed by atoms with Crippen LogP contribution in [0.15, 0.2) is 28.7 Å². The normalized spacial score (nSPS) is 21.8. The van der Waals surface area contributed by atoms with E-state index in [9.17, 15) is 0 Å². The molecule has 1 heterocycles. The van der Waals surface area contributed by atoms with Crippen LogP contribution in [0.3, 0.4) is 0 Å². The number of halogens is 1. The lowest BCUT2D eigenvalue weighted by Gasteiger charge is -2.34. The zero-order valence-electron chi connectivity index (χ0n) is 10.0. The minimum atomic E-state index is 0.751. The van der Waals surface area contributed by atoms with Crippen LogP contribution in [-0.2, 0) is 0 Å².